The topological polar surface area (TPSA) is 36.0 Å². The van der Waals surface area contributed by atoms with Crippen molar-refractivity contribution in [3.8, 4) is 0 Å². The van der Waals surface area contributed by atoms with Crippen LogP contribution in [0.4, 0.5) is 17.6 Å². The van der Waals surface area contributed by atoms with Gasteiger partial charge in [0.25, 0.3) is 0 Å². The summed E-state index contributed by atoms with van der Waals surface area (Å²) in [4.78, 5) is 2.48. The molecule has 86 valence electrons. The van der Waals surface area contributed by atoms with Crippen LogP contribution in [0.2, 0.25) is 0 Å². The smallest absolute Gasteiger partial charge is 0.379 e. The van der Waals surface area contributed by atoms with E-state index >= 15 is 0 Å². The molecule has 1 atom stereocenters. The standard InChI is InChI=1S/C10H7F4NO/c11-6-2-1-3-7-8(6)5(4-15-7)9(16)10(12,13)14/h1-4,9,15-16H/t9-/m1/s1. The zero-order valence-corrected chi connectivity index (χ0v) is 7.85. The molecule has 1 aromatic carbocycles. The number of aromatic nitrogens is 1. The zero-order chi connectivity index (χ0) is 11.9. The first-order valence-electron chi connectivity index (χ1n) is 4.41. The minimum absolute atomic E-state index is 0.221. The second-order valence-electron chi connectivity index (χ2n) is 3.35. The Morgan fingerprint density at radius 1 is 1.25 bits per heavy atom. The summed E-state index contributed by atoms with van der Waals surface area (Å²) in [6.07, 6.45) is -6.53. The minimum Gasteiger partial charge on any atom is -0.379 e. The van der Waals surface area contributed by atoms with Crippen molar-refractivity contribution in [1.82, 2.24) is 4.98 Å². The number of hydrogen-bond acceptors (Lipinski definition) is 1. The number of H-pyrrole nitrogens is 1. The summed E-state index contributed by atoms with van der Waals surface area (Å²) in [6.45, 7) is 0. The highest BCUT2D eigenvalue weighted by Crippen LogP contribution is 2.36. The molecule has 2 nitrogen and oxygen atoms in total. The monoisotopic (exact) mass is 233 g/mol. The van der Waals surface area contributed by atoms with E-state index in [1.165, 1.54) is 12.1 Å². The normalized spacial score (nSPS) is 14.3. The number of rotatable bonds is 1. The van der Waals surface area contributed by atoms with Gasteiger partial charge in [-0.1, -0.05) is 6.07 Å². The Hall–Kier alpha value is -1.56. The van der Waals surface area contributed by atoms with Gasteiger partial charge in [0, 0.05) is 22.7 Å². The molecule has 16 heavy (non-hydrogen) atoms. The number of nitrogens with one attached hydrogen (secondary N) is 1. The quantitative estimate of drug-likeness (QED) is 0.730. The summed E-state index contributed by atoms with van der Waals surface area (Å²) in [7, 11) is 0. The lowest BCUT2D eigenvalue weighted by molar-refractivity contribution is -0.206. The van der Waals surface area contributed by atoms with Gasteiger partial charge < -0.3 is 10.1 Å². The first kappa shape index (κ1) is 10.9. The van der Waals surface area contributed by atoms with Crippen molar-refractivity contribution < 1.29 is 22.7 Å². The maximum Gasteiger partial charge on any atom is 0.418 e. The van der Waals surface area contributed by atoms with Gasteiger partial charge in [0.05, 0.1) is 0 Å². The van der Waals surface area contributed by atoms with Crippen molar-refractivity contribution in [2.24, 2.45) is 0 Å². The number of halogens is 4. The number of alkyl halides is 3. The van der Waals surface area contributed by atoms with Crippen LogP contribution >= 0.6 is 0 Å². The molecule has 0 saturated heterocycles. The average molecular weight is 233 g/mol. The van der Waals surface area contributed by atoms with Crippen LogP contribution in [-0.4, -0.2) is 16.3 Å². The first-order valence-corrected chi connectivity index (χ1v) is 4.41. The number of benzene rings is 1. The van der Waals surface area contributed by atoms with Crippen LogP contribution in [0.15, 0.2) is 24.4 Å². The molecule has 6 heteroatoms. The van der Waals surface area contributed by atoms with Crippen LogP contribution in [0, 0.1) is 5.82 Å². The second kappa shape index (κ2) is 3.48. The van der Waals surface area contributed by atoms with E-state index < -0.39 is 23.7 Å². The van der Waals surface area contributed by atoms with Gasteiger partial charge in [-0.3, -0.25) is 0 Å². The van der Waals surface area contributed by atoms with Crippen molar-refractivity contribution in [2.75, 3.05) is 0 Å². The van der Waals surface area contributed by atoms with Gasteiger partial charge >= 0.3 is 6.18 Å². The molecule has 1 aromatic heterocycles. The summed E-state index contributed by atoms with van der Waals surface area (Å²) < 4.78 is 50.2. The fraction of sp³-hybridized carbons (Fsp3) is 0.200. The molecule has 0 aliphatic rings. The molecule has 0 radical (unpaired) electrons. The second-order valence-corrected chi connectivity index (χ2v) is 3.35. The van der Waals surface area contributed by atoms with Gasteiger partial charge in [0.1, 0.15) is 5.82 Å². The van der Waals surface area contributed by atoms with E-state index in [2.05, 4.69) is 4.98 Å². The van der Waals surface area contributed by atoms with Crippen molar-refractivity contribution in [3.05, 3.63) is 35.8 Å². The Labute approximate surface area is 87.5 Å². The number of aromatic amines is 1. The molecular weight excluding hydrogens is 226 g/mol. The molecular formula is C10H7F4NO. The molecule has 1 heterocycles. The van der Waals surface area contributed by atoms with Crippen LogP contribution in [0.3, 0.4) is 0 Å². The highest BCUT2D eigenvalue weighted by molar-refractivity contribution is 5.84. The summed E-state index contributed by atoms with van der Waals surface area (Å²) >= 11 is 0. The lowest BCUT2D eigenvalue weighted by Gasteiger charge is -2.13. The summed E-state index contributed by atoms with van der Waals surface area (Å²) in [5.74, 6) is -0.794. The van der Waals surface area contributed by atoms with Gasteiger partial charge in [0.2, 0.25) is 0 Å². The van der Waals surface area contributed by atoms with E-state index in [-0.39, 0.29) is 10.9 Å². The van der Waals surface area contributed by atoms with Crippen molar-refractivity contribution in [2.45, 2.75) is 12.3 Å². The van der Waals surface area contributed by atoms with Crippen LogP contribution in [-0.2, 0) is 0 Å². The number of fused-ring (bicyclic) bond motifs is 1. The molecule has 0 amide bonds. The van der Waals surface area contributed by atoms with E-state index in [4.69, 9.17) is 5.11 Å². The molecule has 0 unspecified atom stereocenters. The van der Waals surface area contributed by atoms with Crippen LogP contribution in [0.5, 0.6) is 0 Å². The van der Waals surface area contributed by atoms with Gasteiger partial charge in [-0.15, -0.1) is 0 Å². The molecule has 2 N–H and O–H groups in total. The number of aliphatic hydroxyl groups is 1. The number of aliphatic hydroxyl groups excluding tert-OH is 1. The molecule has 2 rings (SSSR count). The Kier molecular flexibility index (Phi) is 2.38. The van der Waals surface area contributed by atoms with Gasteiger partial charge in [-0.05, 0) is 12.1 Å². The zero-order valence-electron chi connectivity index (χ0n) is 7.85. The maximum absolute atomic E-state index is 13.3. The lowest BCUT2D eigenvalue weighted by Crippen LogP contribution is -2.20. The van der Waals surface area contributed by atoms with E-state index in [1.807, 2.05) is 0 Å². The number of hydrogen-bond donors (Lipinski definition) is 2. The Morgan fingerprint density at radius 2 is 1.94 bits per heavy atom. The van der Waals surface area contributed by atoms with Gasteiger partial charge in [-0.25, -0.2) is 4.39 Å². The third kappa shape index (κ3) is 1.65. The van der Waals surface area contributed by atoms with E-state index in [1.54, 1.807) is 0 Å². The van der Waals surface area contributed by atoms with Crippen molar-refractivity contribution in [3.63, 3.8) is 0 Å². The highest BCUT2D eigenvalue weighted by atomic mass is 19.4. The molecule has 0 aliphatic carbocycles. The third-order valence-electron chi connectivity index (χ3n) is 2.29. The molecule has 2 aromatic rings. The average Bonchev–Trinajstić information content (AvgIpc) is 2.60. The molecule has 0 bridgehead atoms. The molecule has 0 saturated carbocycles. The maximum atomic E-state index is 13.3. The van der Waals surface area contributed by atoms with Crippen LogP contribution in [0.1, 0.15) is 11.7 Å². The van der Waals surface area contributed by atoms with Crippen LogP contribution in [0.25, 0.3) is 10.9 Å². The molecule has 0 spiro atoms. The summed E-state index contributed by atoms with van der Waals surface area (Å²) in [6, 6.07) is 3.85. The Morgan fingerprint density at radius 3 is 2.56 bits per heavy atom. The predicted octanol–water partition coefficient (Wildman–Crippen LogP) is 2.90. The Balaban J connectivity index is 2.62. The van der Waals surface area contributed by atoms with Crippen LogP contribution < -0.4 is 0 Å². The lowest BCUT2D eigenvalue weighted by atomic mass is 10.1. The third-order valence-corrected chi connectivity index (χ3v) is 2.29. The SMILES string of the molecule is O[C@H](c1c[nH]c2cccc(F)c12)C(F)(F)F. The van der Waals surface area contributed by atoms with Crippen molar-refractivity contribution >= 4 is 10.9 Å². The highest BCUT2D eigenvalue weighted by Gasteiger charge is 2.41. The largest absolute Gasteiger partial charge is 0.418 e. The fourth-order valence-electron chi connectivity index (χ4n) is 1.56. The fourth-order valence-corrected chi connectivity index (χ4v) is 1.56. The van der Waals surface area contributed by atoms with E-state index in [9.17, 15) is 17.6 Å². The van der Waals surface area contributed by atoms with E-state index in [0.717, 1.165) is 12.3 Å². The molecule has 0 aliphatic heterocycles. The molecule has 0 fully saturated rings. The summed E-state index contributed by atoms with van der Waals surface area (Å²) in [5, 5.41) is 8.83. The van der Waals surface area contributed by atoms with Crippen molar-refractivity contribution in [1.29, 1.82) is 0 Å². The van der Waals surface area contributed by atoms with Gasteiger partial charge in [-0.2, -0.15) is 13.2 Å². The van der Waals surface area contributed by atoms with Gasteiger partial charge in [0.15, 0.2) is 6.10 Å². The Bertz CT molecular complexity index is 517. The minimum atomic E-state index is -4.81. The van der Waals surface area contributed by atoms with E-state index in [0.29, 0.717) is 0 Å². The first-order chi connectivity index (χ1) is 7.41. The predicted molar refractivity (Wildman–Crippen MR) is 49.3 cm³/mol. The summed E-state index contributed by atoms with van der Waals surface area (Å²) in [5.41, 5.74) is -0.279.